The Labute approximate surface area is 158 Å². The largest absolute Gasteiger partial charge is 1.00 e. The minimum absolute atomic E-state index is 0. The maximum atomic E-state index is 10.7. The standard InChI is InChI=1S/C10H10O4.K.Na/c1-10(8(11)12,9(13)14)7-5-3-2-4-6-7;;/h2-6H,1H3,(H,11,12)(H,13,14);;/q;2*+1/p-2. The Balaban J connectivity index is 0. The molecule has 0 saturated heterocycles. The van der Waals surface area contributed by atoms with E-state index in [4.69, 9.17) is 0 Å². The van der Waals surface area contributed by atoms with Crippen LogP contribution in [0.4, 0.5) is 0 Å². The summed E-state index contributed by atoms with van der Waals surface area (Å²) in [7, 11) is 0. The molecule has 0 aliphatic heterocycles. The number of rotatable bonds is 3. The summed E-state index contributed by atoms with van der Waals surface area (Å²) in [4.78, 5) is 21.5. The van der Waals surface area contributed by atoms with Crippen LogP contribution in [0.5, 0.6) is 0 Å². The van der Waals surface area contributed by atoms with E-state index in [2.05, 4.69) is 0 Å². The third-order valence-corrected chi connectivity index (χ3v) is 2.17. The molecular formula is C10H8KNaO4. The Morgan fingerprint density at radius 2 is 1.44 bits per heavy atom. The van der Waals surface area contributed by atoms with E-state index in [0.29, 0.717) is 0 Å². The van der Waals surface area contributed by atoms with Gasteiger partial charge < -0.3 is 19.8 Å². The van der Waals surface area contributed by atoms with Crippen LogP contribution in [0.1, 0.15) is 12.5 Å². The number of aliphatic carboxylic acids is 2. The molecule has 0 N–H and O–H groups in total. The molecule has 0 heterocycles. The number of hydrogen-bond donors (Lipinski definition) is 0. The molecule has 0 saturated carbocycles. The maximum Gasteiger partial charge on any atom is 1.00 e. The zero-order chi connectivity index (χ0) is 10.8. The van der Waals surface area contributed by atoms with Crippen molar-refractivity contribution in [3.8, 4) is 0 Å². The maximum absolute atomic E-state index is 10.7. The normalized spacial score (nSPS) is 9.56. The number of carbonyl (C=O) groups excluding carboxylic acids is 2. The van der Waals surface area contributed by atoms with Gasteiger partial charge in [-0.05, 0) is 12.5 Å². The Morgan fingerprint density at radius 1 is 1.06 bits per heavy atom. The molecule has 1 aromatic rings. The van der Waals surface area contributed by atoms with E-state index >= 15 is 0 Å². The summed E-state index contributed by atoms with van der Waals surface area (Å²) in [5.74, 6) is -3.35. The van der Waals surface area contributed by atoms with E-state index in [9.17, 15) is 19.8 Å². The summed E-state index contributed by atoms with van der Waals surface area (Å²) in [6.45, 7) is 1.05. The third-order valence-electron chi connectivity index (χ3n) is 2.17. The molecular weight excluding hydrogens is 246 g/mol. The van der Waals surface area contributed by atoms with Crippen molar-refractivity contribution in [2.75, 3.05) is 0 Å². The Morgan fingerprint density at radius 3 is 1.75 bits per heavy atom. The van der Waals surface area contributed by atoms with Gasteiger partial charge in [0.1, 0.15) is 0 Å². The Bertz CT molecular complexity index is 352. The number of carboxylic acid groups (broad SMARTS) is 2. The van der Waals surface area contributed by atoms with Gasteiger partial charge in [0.05, 0.1) is 17.4 Å². The zero-order valence-electron chi connectivity index (χ0n) is 9.52. The minimum Gasteiger partial charge on any atom is -0.549 e. The molecule has 1 aromatic carbocycles. The second-order valence-corrected chi connectivity index (χ2v) is 3.07. The number of carbonyl (C=O) groups is 2. The van der Waals surface area contributed by atoms with Crippen LogP contribution in [0.3, 0.4) is 0 Å². The Kier molecular flexibility index (Phi) is 9.57. The average Bonchev–Trinajstić information content (AvgIpc) is 2.17. The molecule has 0 unspecified atom stereocenters. The van der Waals surface area contributed by atoms with Crippen LogP contribution in [-0.2, 0) is 15.0 Å². The fourth-order valence-corrected chi connectivity index (χ4v) is 1.09. The van der Waals surface area contributed by atoms with Crippen LogP contribution in [0, 0.1) is 0 Å². The van der Waals surface area contributed by atoms with E-state index in [-0.39, 0.29) is 86.5 Å². The summed E-state index contributed by atoms with van der Waals surface area (Å²) in [6, 6.07) is 7.59. The third kappa shape index (κ3) is 3.92. The summed E-state index contributed by atoms with van der Waals surface area (Å²) in [6.07, 6.45) is 0. The smallest absolute Gasteiger partial charge is 0.549 e. The van der Waals surface area contributed by atoms with Crippen LogP contribution >= 0.6 is 0 Å². The van der Waals surface area contributed by atoms with Crippen LogP contribution < -0.4 is 91.2 Å². The second-order valence-electron chi connectivity index (χ2n) is 3.07. The molecule has 0 amide bonds. The van der Waals surface area contributed by atoms with Gasteiger partial charge in [0.25, 0.3) is 0 Å². The van der Waals surface area contributed by atoms with Gasteiger partial charge in [0, 0.05) is 0 Å². The number of hydrogen-bond acceptors (Lipinski definition) is 4. The number of carboxylic acids is 2. The van der Waals surface area contributed by atoms with Crippen molar-refractivity contribution >= 4 is 11.9 Å². The molecule has 16 heavy (non-hydrogen) atoms. The van der Waals surface area contributed by atoms with Crippen molar-refractivity contribution in [1.29, 1.82) is 0 Å². The van der Waals surface area contributed by atoms with Crippen LogP contribution in [0.15, 0.2) is 30.3 Å². The van der Waals surface area contributed by atoms with Gasteiger partial charge in [-0.3, -0.25) is 0 Å². The molecule has 0 aliphatic carbocycles. The summed E-state index contributed by atoms with van der Waals surface area (Å²) in [5.41, 5.74) is -1.96. The number of benzene rings is 1. The van der Waals surface area contributed by atoms with Crippen LogP contribution in [-0.4, -0.2) is 11.9 Å². The quantitative estimate of drug-likeness (QED) is 0.396. The van der Waals surface area contributed by atoms with Gasteiger partial charge in [-0.2, -0.15) is 0 Å². The summed E-state index contributed by atoms with van der Waals surface area (Å²) in [5, 5.41) is 21.5. The van der Waals surface area contributed by atoms with Gasteiger partial charge in [-0.1, -0.05) is 30.3 Å². The first-order chi connectivity index (χ1) is 6.49. The van der Waals surface area contributed by atoms with Crippen molar-refractivity contribution < 1.29 is 101 Å². The summed E-state index contributed by atoms with van der Waals surface area (Å²) >= 11 is 0. The van der Waals surface area contributed by atoms with Crippen molar-refractivity contribution in [3.63, 3.8) is 0 Å². The van der Waals surface area contributed by atoms with Crippen LogP contribution in [0.25, 0.3) is 0 Å². The molecule has 1 rings (SSSR count). The predicted octanol–water partition coefficient (Wildman–Crippen LogP) is -7.55. The molecule has 6 heteroatoms. The van der Waals surface area contributed by atoms with Gasteiger partial charge in [-0.25, -0.2) is 0 Å². The minimum atomic E-state index is -2.10. The average molecular weight is 254 g/mol. The molecule has 0 aromatic heterocycles. The molecule has 0 fully saturated rings. The predicted molar refractivity (Wildman–Crippen MR) is 43.8 cm³/mol. The van der Waals surface area contributed by atoms with Crippen molar-refractivity contribution in [2.24, 2.45) is 0 Å². The van der Waals surface area contributed by atoms with Gasteiger partial charge in [-0.15, -0.1) is 0 Å². The van der Waals surface area contributed by atoms with E-state index < -0.39 is 17.4 Å². The topological polar surface area (TPSA) is 80.3 Å². The SMILES string of the molecule is CC(C(=O)[O-])(C(=O)[O-])c1ccccc1.[K+].[Na+]. The molecule has 74 valence electrons. The van der Waals surface area contributed by atoms with E-state index in [1.54, 1.807) is 18.2 Å². The molecule has 0 bridgehead atoms. The van der Waals surface area contributed by atoms with Gasteiger partial charge in [0.15, 0.2) is 0 Å². The van der Waals surface area contributed by atoms with E-state index in [0.717, 1.165) is 6.92 Å². The first-order valence-corrected chi connectivity index (χ1v) is 3.98. The molecule has 0 aliphatic rings. The van der Waals surface area contributed by atoms with Gasteiger partial charge in [0.2, 0.25) is 0 Å². The fourth-order valence-electron chi connectivity index (χ4n) is 1.09. The first kappa shape index (κ1) is 19.1. The van der Waals surface area contributed by atoms with Crippen molar-refractivity contribution in [1.82, 2.24) is 0 Å². The molecule has 0 radical (unpaired) electrons. The van der Waals surface area contributed by atoms with E-state index in [1.165, 1.54) is 12.1 Å². The molecule has 0 atom stereocenters. The van der Waals surface area contributed by atoms with Gasteiger partial charge >= 0.3 is 80.9 Å². The molecule has 0 spiro atoms. The van der Waals surface area contributed by atoms with Crippen molar-refractivity contribution in [2.45, 2.75) is 12.3 Å². The van der Waals surface area contributed by atoms with Crippen LogP contribution in [0.2, 0.25) is 0 Å². The fraction of sp³-hybridized carbons (Fsp3) is 0.200. The Hall–Kier alpha value is 0.796. The monoisotopic (exact) mass is 254 g/mol. The zero-order valence-corrected chi connectivity index (χ0v) is 14.6. The second kappa shape index (κ2) is 8.00. The van der Waals surface area contributed by atoms with E-state index in [1.807, 2.05) is 0 Å². The summed E-state index contributed by atoms with van der Waals surface area (Å²) < 4.78 is 0. The molecule has 4 nitrogen and oxygen atoms in total. The first-order valence-electron chi connectivity index (χ1n) is 3.98. The van der Waals surface area contributed by atoms with Crippen molar-refractivity contribution in [3.05, 3.63) is 35.9 Å².